The van der Waals surface area contributed by atoms with Gasteiger partial charge in [-0.15, -0.1) is 17.7 Å². The number of nitrogens with one attached hydrogen (secondary N) is 1. The minimum atomic E-state index is -4.78. The average molecular weight is 764 g/mol. The largest absolute Gasteiger partial charge is 0.505 e. The van der Waals surface area contributed by atoms with E-state index in [4.69, 9.17) is 12.6 Å². The number of anilines is 2. The highest BCUT2D eigenvalue weighted by atomic mass is 32.2. The number of hydrogen-bond acceptors (Lipinski definition) is 13. The lowest BCUT2D eigenvalue weighted by molar-refractivity contribution is 0.472. The van der Waals surface area contributed by atoms with E-state index in [1.165, 1.54) is 6.07 Å². The van der Waals surface area contributed by atoms with E-state index in [0.29, 0.717) is 39.1 Å². The number of fused-ring (bicyclic) bond motifs is 1. The van der Waals surface area contributed by atoms with Crippen LogP contribution in [0.15, 0.2) is 145 Å². The van der Waals surface area contributed by atoms with Crippen molar-refractivity contribution in [1.29, 1.82) is 0 Å². The number of benzene rings is 6. The van der Waals surface area contributed by atoms with Crippen molar-refractivity contribution in [3.05, 3.63) is 131 Å². The molecule has 0 radical (unpaired) electrons. The van der Waals surface area contributed by atoms with Gasteiger partial charge in [0.05, 0.1) is 28.4 Å². The van der Waals surface area contributed by atoms with Gasteiger partial charge in [-0.2, -0.15) is 34.0 Å². The van der Waals surface area contributed by atoms with Crippen LogP contribution in [0.5, 0.6) is 5.75 Å². The summed E-state index contributed by atoms with van der Waals surface area (Å²) in [5.74, 6) is -0.428. The van der Waals surface area contributed by atoms with Gasteiger partial charge >= 0.3 is 10.6 Å². The third kappa shape index (κ3) is 9.88. The highest BCUT2D eigenvalue weighted by molar-refractivity contribution is 7.86. The first-order valence-corrected chi connectivity index (χ1v) is 18.5. The van der Waals surface area contributed by atoms with Crippen molar-refractivity contribution in [2.24, 2.45) is 30.7 Å². The zero-order chi connectivity index (χ0) is 39.0. The Morgan fingerprint density at radius 1 is 0.556 bits per heavy atom. The average Bonchev–Trinajstić information content (AvgIpc) is 3.12. The summed E-state index contributed by atoms with van der Waals surface area (Å²) in [5, 5.41) is 41.2. The molecule has 0 spiro atoms. The summed E-state index contributed by atoms with van der Waals surface area (Å²) in [4.78, 5) is -0.568. The van der Waals surface area contributed by atoms with Gasteiger partial charge in [-0.3, -0.25) is 4.55 Å². The number of phenolic OH excluding ortho intramolecular Hbond substituents is 1. The van der Waals surface area contributed by atoms with Crippen molar-refractivity contribution in [3.63, 3.8) is 0 Å². The molecule has 6 rings (SSSR count). The normalized spacial score (nSPS) is 11.6. The van der Waals surface area contributed by atoms with Crippen LogP contribution in [0, 0.1) is 27.7 Å². The van der Waals surface area contributed by atoms with Gasteiger partial charge in [0.15, 0.2) is 5.75 Å². The first-order valence-electron chi connectivity index (χ1n) is 16.1. The molecule has 16 heteroatoms. The minimum Gasteiger partial charge on any atom is -0.505 e. The topological polar surface area (TPSA) is 212 Å². The number of aryl methyl sites for hydroxylation is 4. The second-order valence-corrected chi connectivity index (χ2v) is 13.8. The molecule has 0 aromatic heterocycles. The SMILES string of the molecule is Cc1cc(N=Nc2cc(C)c(N=Nc3c(S(=O)(=O)O)cc4cc(Nc5ccccc5)ccc4c3O)cc2C)c(C)cc1N=Nc1ccccc1.O=S(=O)=O. The van der Waals surface area contributed by atoms with E-state index in [-0.39, 0.29) is 5.69 Å². The van der Waals surface area contributed by atoms with Gasteiger partial charge in [0.2, 0.25) is 0 Å². The molecule has 14 nitrogen and oxygen atoms in total. The maximum atomic E-state index is 12.4. The molecule has 0 bridgehead atoms. The Hall–Kier alpha value is -6.49. The van der Waals surface area contributed by atoms with Crippen LogP contribution >= 0.6 is 0 Å². The second kappa shape index (κ2) is 16.9. The molecule has 0 amide bonds. The van der Waals surface area contributed by atoms with E-state index >= 15 is 0 Å². The second-order valence-electron chi connectivity index (χ2n) is 12.0. The fourth-order valence-corrected chi connectivity index (χ4v) is 5.89. The van der Waals surface area contributed by atoms with Crippen molar-refractivity contribution in [3.8, 4) is 5.75 Å². The summed E-state index contributed by atoms with van der Waals surface area (Å²) < 4.78 is 60.3. The van der Waals surface area contributed by atoms with Gasteiger partial charge in [0, 0.05) is 16.8 Å². The van der Waals surface area contributed by atoms with E-state index in [9.17, 15) is 18.1 Å². The van der Waals surface area contributed by atoms with Crippen molar-refractivity contribution in [1.82, 2.24) is 0 Å². The lowest BCUT2D eigenvalue weighted by Gasteiger charge is -2.12. The Balaban J connectivity index is 0.00000133. The summed E-state index contributed by atoms with van der Waals surface area (Å²) in [6.45, 7) is 7.52. The molecule has 0 aliphatic carbocycles. The molecule has 0 saturated heterocycles. The Bertz CT molecular complexity index is 2670. The predicted octanol–water partition coefficient (Wildman–Crippen LogP) is 11.0. The third-order valence-corrected chi connectivity index (χ3v) is 8.84. The lowest BCUT2D eigenvalue weighted by Crippen LogP contribution is -1.99. The summed E-state index contributed by atoms with van der Waals surface area (Å²) in [6.07, 6.45) is 0. The van der Waals surface area contributed by atoms with Crippen LogP contribution in [0.3, 0.4) is 0 Å². The van der Waals surface area contributed by atoms with Gasteiger partial charge in [0.1, 0.15) is 10.6 Å². The predicted molar refractivity (Wildman–Crippen MR) is 206 cm³/mol. The maximum absolute atomic E-state index is 12.4. The zero-order valence-electron chi connectivity index (χ0n) is 29.3. The Morgan fingerprint density at radius 3 is 1.48 bits per heavy atom. The highest BCUT2D eigenvalue weighted by Crippen LogP contribution is 2.43. The fourth-order valence-electron chi connectivity index (χ4n) is 5.23. The Morgan fingerprint density at radius 2 is 1.00 bits per heavy atom. The molecule has 0 aliphatic heterocycles. The molecule has 54 heavy (non-hydrogen) atoms. The summed E-state index contributed by atoms with van der Waals surface area (Å²) in [5.41, 5.74) is 7.56. The van der Waals surface area contributed by atoms with E-state index in [1.807, 2.05) is 93.6 Å². The van der Waals surface area contributed by atoms with Crippen LogP contribution in [0.2, 0.25) is 0 Å². The number of aromatic hydroxyl groups is 1. The molecule has 6 aromatic carbocycles. The van der Waals surface area contributed by atoms with E-state index in [0.717, 1.165) is 33.8 Å². The van der Waals surface area contributed by atoms with Crippen molar-refractivity contribution in [2.45, 2.75) is 32.6 Å². The van der Waals surface area contributed by atoms with Gasteiger partial charge in [-0.1, -0.05) is 36.4 Å². The van der Waals surface area contributed by atoms with E-state index < -0.39 is 31.4 Å². The zero-order valence-corrected chi connectivity index (χ0v) is 31.0. The fraction of sp³-hybridized carbons (Fsp3) is 0.105. The number of para-hydroxylation sites is 1. The quantitative estimate of drug-likeness (QED) is 0.0949. The number of azo groups is 3. The van der Waals surface area contributed by atoms with Gasteiger partial charge in [-0.05, 0) is 128 Å². The summed E-state index contributed by atoms with van der Waals surface area (Å²) >= 11 is 0. The molecular formula is C38H33N7O7S2. The molecular weight excluding hydrogens is 731 g/mol. The van der Waals surface area contributed by atoms with Crippen LogP contribution < -0.4 is 5.32 Å². The van der Waals surface area contributed by atoms with Crippen LogP contribution in [-0.2, 0) is 20.7 Å². The monoisotopic (exact) mass is 763 g/mol. The van der Waals surface area contributed by atoms with Crippen LogP contribution in [0.4, 0.5) is 45.5 Å². The molecule has 6 aromatic rings. The van der Waals surface area contributed by atoms with Crippen molar-refractivity contribution < 1.29 is 30.7 Å². The highest BCUT2D eigenvalue weighted by Gasteiger charge is 2.22. The number of rotatable bonds is 9. The third-order valence-electron chi connectivity index (χ3n) is 7.97. The van der Waals surface area contributed by atoms with Gasteiger partial charge in [-0.25, -0.2) is 0 Å². The van der Waals surface area contributed by atoms with Crippen molar-refractivity contribution >= 4 is 77.0 Å². The first-order chi connectivity index (χ1) is 25.7. The van der Waals surface area contributed by atoms with Crippen LogP contribution in [0.1, 0.15) is 22.3 Å². The van der Waals surface area contributed by atoms with E-state index in [2.05, 4.69) is 36.0 Å². The molecule has 0 fully saturated rings. The molecule has 3 N–H and O–H groups in total. The van der Waals surface area contributed by atoms with E-state index in [1.54, 1.807) is 37.3 Å². The number of phenols is 1. The van der Waals surface area contributed by atoms with Crippen LogP contribution in [0.25, 0.3) is 10.8 Å². The molecule has 0 heterocycles. The van der Waals surface area contributed by atoms with Gasteiger partial charge < -0.3 is 10.4 Å². The molecule has 0 atom stereocenters. The lowest BCUT2D eigenvalue weighted by atomic mass is 10.1. The van der Waals surface area contributed by atoms with Crippen LogP contribution in [-0.4, -0.2) is 30.7 Å². The smallest absolute Gasteiger partial charge is 0.425 e. The Kier molecular flexibility index (Phi) is 12.1. The molecule has 0 unspecified atom stereocenters. The molecule has 0 aliphatic rings. The summed E-state index contributed by atoms with van der Waals surface area (Å²) in [6, 6.07) is 32.6. The molecule has 274 valence electrons. The molecule has 0 saturated carbocycles. The maximum Gasteiger partial charge on any atom is 0.425 e. The Labute approximate surface area is 312 Å². The van der Waals surface area contributed by atoms with Crippen molar-refractivity contribution in [2.75, 3.05) is 5.32 Å². The summed E-state index contributed by atoms with van der Waals surface area (Å²) in [7, 11) is -7.89. The number of nitrogens with zero attached hydrogens (tertiary/aromatic N) is 6. The standard InChI is InChI=1S/C38H33N7O4S.O3S/c1-23-18-33(24(2)17-32(23)41-40-29-13-9-6-10-14-29)42-43-34-19-26(4)35(20-25(34)3)44-45-37-36(50(47,48)49)22-27-21-30(15-16-31(27)38(37)46)39-28-11-7-5-8-12-28;1-4(2)3/h5-22,39,46H,1-4H3,(H,47,48,49);. The van der Waals surface area contributed by atoms with Gasteiger partial charge in [0.25, 0.3) is 10.1 Å². The number of hydrogen-bond donors (Lipinski definition) is 3. The minimum absolute atomic E-state index is 0.339. The first kappa shape index (κ1) is 38.7.